The van der Waals surface area contributed by atoms with E-state index >= 15 is 0 Å². The lowest BCUT2D eigenvalue weighted by atomic mass is 10.3. The van der Waals surface area contributed by atoms with Crippen molar-refractivity contribution in [3.63, 3.8) is 0 Å². The average Bonchev–Trinajstić information content (AvgIpc) is 3.25. The smallest absolute Gasteiger partial charge is 0.246 e. The third kappa shape index (κ3) is 3.41. The number of benzene rings is 1. The van der Waals surface area contributed by atoms with Gasteiger partial charge in [0, 0.05) is 19.6 Å². The van der Waals surface area contributed by atoms with Crippen molar-refractivity contribution in [1.82, 2.24) is 19.4 Å². The molecule has 1 atom stereocenters. The van der Waals surface area contributed by atoms with Crippen molar-refractivity contribution in [3.8, 4) is 11.4 Å². The number of rotatable bonds is 5. The number of methoxy groups -OCH3 is 1. The van der Waals surface area contributed by atoms with Gasteiger partial charge in [-0.3, -0.25) is 0 Å². The Hall–Kier alpha value is -1.61. The molecule has 0 aliphatic carbocycles. The summed E-state index contributed by atoms with van der Waals surface area (Å²) in [6.45, 7) is 1.52. The predicted molar refractivity (Wildman–Crippen MR) is 93.6 cm³/mol. The summed E-state index contributed by atoms with van der Waals surface area (Å²) in [5, 5.41) is 7.36. The first-order chi connectivity index (χ1) is 11.0. The normalized spacial score (nSPS) is 17.7. The van der Waals surface area contributed by atoms with E-state index in [0.29, 0.717) is 18.0 Å². The molecule has 0 bridgehead atoms. The summed E-state index contributed by atoms with van der Waals surface area (Å²) in [6.07, 6.45) is 3.71. The number of hydrogen-bond acceptors (Lipinski definition) is 5. The number of sulfonamides is 1. The van der Waals surface area contributed by atoms with Gasteiger partial charge in [-0.15, -0.1) is 12.4 Å². The Morgan fingerprint density at radius 1 is 1.38 bits per heavy atom. The van der Waals surface area contributed by atoms with Crippen LogP contribution in [0.4, 0.5) is 0 Å². The summed E-state index contributed by atoms with van der Waals surface area (Å²) in [6, 6.07) is 7.32. The summed E-state index contributed by atoms with van der Waals surface area (Å²) in [4.78, 5) is 0.179. The predicted octanol–water partition coefficient (Wildman–Crippen LogP) is 1.29. The molecule has 2 heterocycles. The van der Waals surface area contributed by atoms with Crippen LogP contribution in [0.2, 0.25) is 0 Å². The van der Waals surface area contributed by atoms with E-state index in [4.69, 9.17) is 4.74 Å². The number of nitrogens with one attached hydrogen (secondary N) is 1. The van der Waals surface area contributed by atoms with Gasteiger partial charge >= 0.3 is 0 Å². The van der Waals surface area contributed by atoms with Gasteiger partial charge in [-0.2, -0.15) is 9.40 Å². The van der Waals surface area contributed by atoms with Gasteiger partial charge in [0.15, 0.2) is 0 Å². The molecule has 1 N–H and O–H groups in total. The van der Waals surface area contributed by atoms with Crippen LogP contribution in [0, 0.1) is 0 Å². The number of likely N-dealkylation sites (N-methyl/N-ethyl adjacent to an activating group) is 1. The van der Waals surface area contributed by atoms with Crippen molar-refractivity contribution in [2.24, 2.45) is 0 Å². The van der Waals surface area contributed by atoms with Gasteiger partial charge in [-0.25, -0.2) is 13.1 Å². The molecule has 1 aromatic heterocycles. The Labute approximate surface area is 148 Å². The van der Waals surface area contributed by atoms with E-state index in [1.165, 1.54) is 21.4 Å². The first-order valence-corrected chi connectivity index (χ1v) is 8.85. The van der Waals surface area contributed by atoms with E-state index < -0.39 is 10.0 Å². The van der Waals surface area contributed by atoms with Gasteiger partial charge in [0.1, 0.15) is 16.3 Å². The quantitative estimate of drug-likeness (QED) is 0.855. The molecule has 1 aliphatic heterocycles. The highest BCUT2D eigenvalue weighted by molar-refractivity contribution is 7.89. The summed E-state index contributed by atoms with van der Waals surface area (Å²) in [5.74, 6) is 0.632. The highest BCUT2D eigenvalue weighted by Gasteiger charge is 2.31. The minimum absolute atomic E-state index is 0. The van der Waals surface area contributed by atoms with Crippen molar-refractivity contribution in [2.75, 3.05) is 27.2 Å². The van der Waals surface area contributed by atoms with Crippen LogP contribution in [0.3, 0.4) is 0 Å². The van der Waals surface area contributed by atoms with Crippen molar-refractivity contribution in [1.29, 1.82) is 0 Å². The highest BCUT2D eigenvalue weighted by Crippen LogP contribution is 2.24. The minimum atomic E-state index is -3.56. The standard InChI is InChI=1S/C15H20N4O3S.ClH/c1-18(12-7-8-16-9-12)23(20,21)13-10-17-19(11-13)14-5-3-4-6-15(14)22-2;/h3-6,10-12,16H,7-9H2,1-2H3;1H. The SMILES string of the molecule is COc1ccccc1-n1cc(S(=O)(=O)N(C)C2CCNC2)cn1.Cl. The Bertz CT molecular complexity index is 788. The Balaban J connectivity index is 0.00000208. The molecule has 3 rings (SSSR count). The molecule has 0 spiro atoms. The zero-order chi connectivity index (χ0) is 16.4. The van der Waals surface area contributed by atoms with Crippen LogP contribution in [0.15, 0.2) is 41.6 Å². The lowest BCUT2D eigenvalue weighted by Gasteiger charge is -2.22. The molecule has 0 radical (unpaired) electrons. The van der Waals surface area contributed by atoms with Crippen LogP contribution in [0.1, 0.15) is 6.42 Å². The zero-order valence-corrected chi connectivity index (χ0v) is 15.2. The molecule has 2 aromatic rings. The fraction of sp³-hybridized carbons (Fsp3) is 0.400. The van der Waals surface area contributed by atoms with E-state index in [1.807, 2.05) is 24.3 Å². The number of nitrogens with zero attached hydrogens (tertiary/aromatic N) is 3. The van der Waals surface area contributed by atoms with Crippen LogP contribution in [0.25, 0.3) is 5.69 Å². The Morgan fingerprint density at radius 3 is 2.79 bits per heavy atom. The Kier molecular flexibility index (Phi) is 5.87. The first-order valence-electron chi connectivity index (χ1n) is 7.41. The van der Waals surface area contributed by atoms with E-state index in [1.54, 1.807) is 14.2 Å². The molecule has 1 unspecified atom stereocenters. The molecule has 1 saturated heterocycles. The second-order valence-corrected chi connectivity index (χ2v) is 7.46. The van der Waals surface area contributed by atoms with Crippen molar-refractivity contribution in [2.45, 2.75) is 17.4 Å². The molecule has 1 aromatic carbocycles. The van der Waals surface area contributed by atoms with Crippen LogP contribution >= 0.6 is 12.4 Å². The number of aromatic nitrogens is 2. The molecule has 132 valence electrons. The van der Waals surface area contributed by atoms with Crippen LogP contribution in [0.5, 0.6) is 5.75 Å². The molecule has 1 aliphatic rings. The van der Waals surface area contributed by atoms with Gasteiger partial charge in [0.2, 0.25) is 10.0 Å². The maximum Gasteiger partial charge on any atom is 0.246 e. The minimum Gasteiger partial charge on any atom is -0.494 e. The van der Waals surface area contributed by atoms with Gasteiger partial charge < -0.3 is 10.1 Å². The largest absolute Gasteiger partial charge is 0.494 e. The summed E-state index contributed by atoms with van der Waals surface area (Å²) >= 11 is 0. The number of hydrogen-bond donors (Lipinski definition) is 1. The monoisotopic (exact) mass is 372 g/mol. The number of para-hydroxylation sites is 2. The Morgan fingerprint density at radius 2 is 2.12 bits per heavy atom. The molecule has 0 saturated carbocycles. The van der Waals surface area contributed by atoms with Gasteiger partial charge in [-0.05, 0) is 25.1 Å². The average molecular weight is 373 g/mol. The van der Waals surface area contributed by atoms with Crippen LogP contribution in [-0.4, -0.2) is 55.8 Å². The summed E-state index contributed by atoms with van der Waals surface area (Å²) in [7, 11) is -0.371. The topological polar surface area (TPSA) is 76.5 Å². The summed E-state index contributed by atoms with van der Waals surface area (Å²) < 4.78 is 33.7. The fourth-order valence-corrected chi connectivity index (χ4v) is 4.02. The van der Waals surface area contributed by atoms with E-state index in [0.717, 1.165) is 13.0 Å². The molecule has 0 amide bonds. The third-order valence-corrected chi connectivity index (χ3v) is 5.98. The molecule has 7 nitrogen and oxygen atoms in total. The van der Waals surface area contributed by atoms with Crippen LogP contribution < -0.4 is 10.1 Å². The lowest BCUT2D eigenvalue weighted by Crippen LogP contribution is -2.38. The van der Waals surface area contributed by atoms with Gasteiger partial charge in [0.05, 0.1) is 19.5 Å². The molecule has 24 heavy (non-hydrogen) atoms. The second kappa shape index (κ2) is 7.52. The maximum atomic E-state index is 12.7. The van der Waals surface area contributed by atoms with Gasteiger partial charge in [0.25, 0.3) is 0 Å². The number of ether oxygens (including phenoxy) is 1. The molecule has 9 heteroatoms. The molecule has 1 fully saturated rings. The molecular weight excluding hydrogens is 352 g/mol. The van der Waals surface area contributed by atoms with E-state index in [-0.39, 0.29) is 23.3 Å². The highest BCUT2D eigenvalue weighted by atomic mass is 35.5. The first kappa shape index (κ1) is 18.7. The summed E-state index contributed by atoms with van der Waals surface area (Å²) in [5.41, 5.74) is 0.696. The zero-order valence-electron chi connectivity index (χ0n) is 13.5. The van der Waals surface area contributed by atoms with Crippen molar-refractivity contribution in [3.05, 3.63) is 36.7 Å². The van der Waals surface area contributed by atoms with Crippen molar-refractivity contribution >= 4 is 22.4 Å². The fourth-order valence-electron chi connectivity index (χ4n) is 2.70. The third-order valence-electron chi connectivity index (χ3n) is 4.12. The molecular formula is C15H21ClN4O3S. The van der Waals surface area contributed by atoms with E-state index in [9.17, 15) is 8.42 Å². The number of halogens is 1. The van der Waals surface area contributed by atoms with E-state index in [2.05, 4.69) is 10.4 Å². The van der Waals surface area contributed by atoms with Crippen molar-refractivity contribution < 1.29 is 13.2 Å². The second-order valence-electron chi connectivity index (χ2n) is 5.46. The lowest BCUT2D eigenvalue weighted by molar-refractivity contribution is 0.387. The maximum absolute atomic E-state index is 12.7. The van der Waals surface area contributed by atoms with Crippen LogP contribution in [-0.2, 0) is 10.0 Å². The van der Waals surface area contributed by atoms with Gasteiger partial charge in [-0.1, -0.05) is 12.1 Å².